The summed E-state index contributed by atoms with van der Waals surface area (Å²) in [6.45, 7) is 8.27. The van der Waals surface area contributed by atoms with Gasteiger partial charge in [0.2, 0.25) is 10.0 Å². The second-order valence-electron chi connectivity index (χ2n) is 7.21. The minimum absolute atomic E-state index is 0.0961. The number of hydrogen-bond donors (Lipinski definition) is 0. The molecule has 0 spiro atoms. The highest BCUT2D eigenvalue weighted by Gasteiger charge is 2.57. The van der Waals surface area contributed by atoms with Gasteiger partial charge in [0.15, 0.2) is 0 Å². The third-order valence-corrected chi connectivity index (χ3v) is 7.80. The van der Waals surface area contributed by atoms with E-state index in [1.807, 2.05) is 19.1 Å². The van der Waals surface area contributed by atoms with Crippen LogP contribution in [0.2, 0.25) is 0 Å². The molecule has 1 aromatic carbocycles. The highest BCUT2D eigenvalue weighted by molar-refractivity contribution is 7.89. The molecule has 0 unspecified atom stereocenters. The van der Waals surface area contributed by atoms with Gasteiger partial charge in [0.25, 0.3) is 0 Å². The van der Waals surface area contributed by atoms with Crippen LogP contribution in [0.25, 0.3) is 0 Å². The maximum atomic E-state index is 13.1. The highest BCUT2D eigenvalue weighted by atomic mass is 32.2. The quantitative estimate of drug-likeness (QED) is 0.837. The molecule has 0 bridgehead atoms. The average Bonchev–Trinajstić information content (AvgIpc) is 2.94. The fourth-order valence-corrected chi connectivity index (χ4v) is 6.71. The fraction of sp³-hybridized carbons (Fsp3) is 0.647. The molecule has 1 saturated heterocycles. The summed E-state index contributed by atoms with van der Waals surface area (Å²) in [5.41, 5.74) is 0.796. The summed E-state index contributed by atoms with van der Waals surface area (Å²) in [5.74, 6) is 1.01. The van der Waals surface area contributed by atoms with Crippen LogP contribution in [0.15, 0.2) is 29.2 Å². The molecule has 2 fully saturated rings. The van der Waals surface area contributed by atoms with E-state index in [9.17, 15) is 8.42 Å². The zero-order valence-corrected chi connectivity index (χ0v) is 14.2. The largest absolute Gasteiger partial charge is 0.243 e. The van der Waals surface area contributed by atoms with Crippen molar-refractivity contribution in [3.05, 3.63) is 29.8 Å². The Labute approximate surface area is 128 Å². The van der Waals surface area contributed by atoms with Crippen LogP contribution < -0.4 is 0 Å². The van der Waals surface area contributed by atoms with E-state index in [2.05, 4.69) is 20.8 Å². The van der Waals surface area contributed by atoms with Gasteiger partial charge in [-0.1, -0.05) is 24.1 Å². The van der Waals surface area contributed by atoms with E-state index in [-0.39, 0.29) is 11.6 Å². The van der Waals surface area contributed by atoms with Gasteiger partial charge in [0.1, 0.15) is 0 Å². The van der Waals surface area contributed by atoms with Crippen LogP contribution in [0.1, 0.15) is 45.6 Å². The predicted octanol–water partition coefficient (Wildman–Crippen LogP) is 3.58. The van der Waals surface area contributed by atoms with Crippen molar-refractivity contribution < 1.29 is 8.42 Å². The van der Waals surface area contributed by atoms with Gasteiger partial charge in [-0.05, 0) is 64.5 Å². The number of aryl methyl sites for hydroxylation is 1. The Bertz CT molecular complexity index is 633. The van der Waals surface area contributed by atoms with Crippen LogP contribution >= 0.6 is 0 Å². The van der Waals surface area contributed by atoms with Crippen molar-refractivity contribution in [2.45, 2.75) is 63.4 Å². The second kappa shape index (κ2) is 4.82. The zero-order valence-electron chi connectivity index (χ0n) is 13.3. The fourth-order valence-electron chi connectivity index (χ4n) is 4.66. The lowest BCUT2D eigenvalue weighted by Crippen LogP contribution is -2.48. The molecule has 4 heteroatoms. The monoisotopic (exact) mass is 307 g/mol. The minimum Gasteiger partial charge on any atom is -0.207 e. The first kappa shape index (κ1) is 15.0. The van der Waals surface area contributed by atoms with Crippen LogP contribution in [-0.2, 0) is 10.0 Å². The van der Waals surface area contributed by atoms with Crippen molar-refractivity contribution in [2.75, 3.05) is 0 Å². The topological polar surface area (TPSA) is 37.4 Å². The number of sulfonamides is 1. The Morgan fingerprint density at radius 3 is 2.33 bits per heavy atom. The summed E-state index contributed by atoms with van der Waals surface area (Å²) in [4.78, 5) is 0.424. The molecular formula is C17H25NO2S. The number of hydrogen-bond acceptors (Lipinski definition) is 2. The third-order valence-electron chi connectivity index (χ3n) is 5.61. The molecule has 21 heavy (non-hydrogen) atoms. The summed E-state index contributed by atoms with van der Waals surface area (Å²) in [7, 11) is -3.42. The van der Waals surface area contributed by atoms with E-state index in [1.165, 1.54) is 6.42 Å². The van der Waals surface area contributed by atoms with Crippen LogP contribution in [-0.4, -0.2) is 24.3 Å². The number of fused-ring (bicyclic) bond motifs is 1. The third kappa shape index (κ3) is 2.15. The Morgan fingerprint density at radius 2 is 1.76 bits per heavy atom. The van der Waals surface area contributed by atoms with Crippen molar-refractivity contribution in [1.29, 1.82) is 0 Å². The standard InChI is InChI=1S/C17H25NO2S/c1-12-8-10-14(11-9-12)21(19,20)18-13(2)15-6-5-7-16(15)17(18,3)4/h8-11,13,15-16H,5-7H2,1-4H3/t13-,15-,16-/m0/s1. The molecule has 0 amide bonds. The maximum Gasteiger partial charge on any atom is 0.243 e. The van der Waals surface area contributed by atoms with Crippen molar-refractivity contribution in [1.82, 2.24) is 4.31 Å². The van der Waals surface area contributed by atoms with Gasteiger partial charge in [0, 0.05) is 11.6 Å². The molecule has 1 aliphatic carbocycles. The van der Waals surface area contributed by atoms with Gasteiger partial charge < -0.3 is 0 Å². The SMILES string of the molecule is Cc1ccc(S(=O)(=O)N2[C@@H](C)[C@@H]3CCC[C@@H]3C2(C)C)cc1. The van der Waals surface area contributed by atoms with E-state index in [1.54, 1.807) is 16.4 Å². The van der Waals surface area contributed by atoms with Crippen LogP contribution in [0.4, 0.5) is 0 Å². The molecule has 0 N–H and O–H groups in total. The first-order valence-corrected chi connectivity index (χ1v) is 9.31. The molecule has 1 aromatic rings. The Balaban J connectivity index is 2.04. The molecule has 1 saturated carbocycles. The molecule has 3 atom stereocenters. The van der Waals surface area contributed by atoms with E-state index in [4.69, 9.17) is 0 Å². The second-order valence-corrected chi connectivity index (χ2v) is 9.02. The average molecular weight is 307 g/mol. The van der Waals surface area contributed by atoms with Gasteiger partial charge in [-0.3, -0.25) is 0 Å². The van der Waals surface area contributed by atoms with Crippen LogP contribution in [0.5, 0.6) is 0 Å². The van der Waals surface area contributed by atoms with Crippen LogP contribution in [0, 0.1) is 18.8 Å². The Morgan fingerprint density at radius 1 is 1.14 bits per heavy atom. The smallest absolute Gasteiger partial charge is 0.207 e. The molecular weight excluding hydrogens is 282 g/mol. The molecule has 2 aliphatic rings. The molecule has 1 aliphatic heterocycles. The van der Waals surface area contributed by atoms with Crippen LogP contribution in [0.3, 0.4) is 0 Å². The van der Waals surface area contributed by atoms with Crippen molar-refractivity contribution >= 4 is 10.0 Å². The number of rotatable bonds is 2. The summed E-state index contributed by atoms with van der Waals surface area (Å²) in [6, 6.07) is 7.32. The summed E-state index contributed by atoms with van der Waals surface area (Å²) in [5, 5.41) is 0. The lowest BCUT2D eigenvalue weighted by molar-refractivity contribution is 0.207. The lowest BCUT2D eigenvalue weighted by atomic mass is 9.84. The Hall–Kier alpha value is -0.870. The summed E-state index contributed by atoms with van der Waals surface area (Å²) < 4.78 is 28.0. The minimum atomic E-state index is -3.42. The normalized spacial score (nSPS) is 32.3. The van der Waals surface area contributed by atoms with Gasteiger partial charge in [-0.15, -0.1) is 0 Å². The van der Waals surface area contributed by atoms with Gasteiger partial charge >= 0.3 is 0 Å². The van der Waals surface area contributed by atoms with E-state index in [0.29, 0.717) is 16.7 Å². The number of nitrogens with zero attached hydrogens (tertiary/aromatic N) is 1. The zero-order chi connectivity index (χ0) is 15.4. The molecule has 1 heterocycles. The van der Waals surface area contributed by atoms with E-state index in [0.717, 1.165) is 18.4 Å². The first-order valence-electron chi connectivity index (χ1n) is 7.87. The summed E-state index contributed by atoms with van der Waals surface area (Å²) >= 11 is 0. The molecule has 0 radical (unpaired) electrons. The predicted molar refractivity (Wildman–Crippen MR) is 84.6 cm³/mol. The van der Waals surface area contributed by atoms with Gasteiger partial charge in [-0.25, -0.2) is 8.42 Å². The van der Waals surface area contributed by atoms with E-state index >= 15 is 0 Å². The summed E-state index contributed by atoms with van der Waals surface area (Å²) in [6.07, 6.45) is 3.55. The molecule has 3 nitrogen and oxygen atoms in total. The van der Waals surface area contributed by atoms with Crippen molar-refractivity contribution in [3.8, 4) is 0 Å². The van der Waals surface area contributed by atoms with Gasteiger partial charge in [-0.2, -0.15) is 4.31 Å². The number of benzene rings is 1. The van der Waals surface area contributed by atoms with Crippen molar-refractivity contribution in [2.24, 2.45) is 11.8 Å². The Kier molecular flexibility index (Phi) is 3.45. The molecule has 116 valence electrons. The van der Waals surface area contributed by atoms with E-state index < -0.39 is 10.0 Å². The maximum absolute atomic E-state index is 13.1. The van der Waals surface area contributed by atoms with Gasteiger partial charge in [0.05, 0.1) is 4.90 Å². The molecule has 0 aromatic heterocycles. The highest BCUT2D eigenvalue weighted by Crippen LogP contribution is 2.53. The first-order chi connectivity index (χ1) is 9.76. The lowest BCUT2D eigenvalue weighted by Gasteiger charge is -2.36. The molecule has 3 rings (SSSR count). The van der Waals surface area contributed by atoms with Crippen molar-refractivity contribution in [3.63, 3.8) is 0 Å².